The second kappa shape index (κ2) is 7.41. The van der Waals surface area contributed by atoms with Gasteiger partial charge in [-0.05, 0) is 44.2 Å². The van der Waals surface area contributed by atoms with Crippen molar-refractivity contribution in [2.45, 2.75) is 13.8 Å². The van der Waals surface area contributed by atoms with Crippen LogP contribution in [0.15, 0.2) is 54.6 Å². The smallest absolute Gasteiger partial charge is 0.346 e. The van der Waals surface area contributed by atoms with E-state index in [0.29, 0.717) is 16.3 Å². The summed E-state index contributed by atoms with van der Waals surface area (Å²) in [7, 11) is 0. The van der Waals surface area contributed by atoms with E-state index in [2.05, 4.69) is 10.6 Å². The predicted octanol–water partition coefficient (Wildman–Crippen LogP) is 5.06. The summed E-state index contributed by atoms with van der Waals surface area (Å²) in [5, 5.41) is 15.8. The summed E-state index contributed by atoms with van der Waals surface area (Å²) in [4.78, 5) is 24.0. The molecule has 5 nitrogen and oxygen atoms in total. The molecule has 132 valence electrons. The van der Waals surface area contributed by atoms with Crippen molar-refractivity contribution in [3.63, 3.8) is 0 Å². The number of nitrogens with one attached hydrogen (secondary N) is 2. The molecule has 0 aliphatic rings. The van der Waals surface area contributed by atoms with Gasteiger partial charge < -0.3 is 15.7 Å². The molecule has 1 amide bonds. The van der Waals surface area contributed by atoms with Gasteiger partial charge in [0, 0.05) is 11.3 Å². The van der Waals surface area contributed by atoms with Gasteiger partial charge >= 0.3 is 5.97 Å². The maximum atomic E-state index is 12.5. The van der Waals surface area contributed by atoms with Crippen molar-refractivity contribution in [3.8, 4) is 0 Å². The second-order valence-electron chi connectivity index (χ2n) is 5.97. The molecule has 0 aliphatic carbocycles. The molecule has 26 heavy (non-hydrogen) atoms. The van der Waals surface area contributed by atoms with E-state index in [1.165, 1.54) is 6.07 Å². The fourth-order valence-electron chi connectivity index (χ4n) is 2.35. The molecular weight excluding hydrogens is 348 g/mol. The molecule has 0 radical (unpaired) electrons. The van der Waals surface area contributed by atoms with Crippen molar-refractivity contribution >= 4 is 39.6 Å². The van der Waals surface area contributed by atoms with Gasteiger partial charge in [0.05, 0.1) is 5.69 Å². The Balaban J connectivity index is 1.87. The van der Waals surface area contributed by atoms with E-state index in [1.807, 2.05) is 50.2 Å². The lowest BCUT2D eigenvalue weighted by molar-refractivity contribution is 0.0702. The van der Waals surface area contributed by atoms with Gasteiger partial charge in [0.2, 0.25) is 0 Å². The van der Waals surface area contributed by atoms with Crippen LogP contribution >= 0.6 is 11.3 Å². The highest BCUT2D eigenvalue weighted by molar-refractivity contribution is 7.18. The summed E-state index contributed by atoms with van der Waals surface area (Å²) in [6.45, 7) is 3.94. The summed E-state index contributed by atoms with van der Waals surface area (Å²) in [6.07, 6.45) is 0. The Kier molecular flexibility index (Phi) is 5.04. The Morgan fingerprint density at radius 1 is 0.923 bits per heavy atom. The van der Waals surface area contributed by atoms with Crippen molar-refractivity contribution < 1.29 is 14.7 Å². The molecule has 0 bridgehead atoms. The number of aromatic carboxylic acids is 1. The Bertz CT molecular complexity index is 944. The van der Waals surface area contributed by atoms with E-state index in [4.69, 9.17) is 0 Å². The maximum absolute atomic E-state index is 12.5. The number of carbonyl (C=O) groups is 2. The monoisotopic (exact) mass is 366 g/mol. The van der Waals surface area contributed by atoms with Crippen molar-refractivity contribution in [2.75, 3.05) is 10.6 Å². The molecule has 1 heterocycles. The number of carbonyl (C=O) groups excluding carboxylic acids is 1. The zero-order valence-electron chi connectivity index (χ0n) is 14.4. The molecule has 0 fully saturated rings. The average molecular weight is 366 g/mol. The number of carboxylic acid groups (broad SMARTS) is 1. The quantitative estimate of drug-likeness (QED) is 0.590. The molecule has 6 heteroatoms. The van der Waals surface area contributed by atoms with Crippen molar-refractivity contribution in [1.29, 1.82) is 0 Å². The summed E-state index contributed by atoms with van der Waals surface area (Å²) >= 11 is 1.08. The first-order valence-corrected chi connectivity index (χ1v) is 8.83. The largest absolute Gasteiger partial charge is 0.477 e. The Morgan fingerprint density at radius 2 is 1.50 bits per heavy atom. The van der Waals surface area contributed by atoms with E-state index in [0.717, 1.165) is 28.2 Å². The third-order valence-corrected chi connectivity index (χ3v) is 4.85. The van der Waals surface area contributed by atoms with Gasteiger partial charge in [-0.3, -0.25) is 4.79 Å². The zero-order valence-corrected chi connectivity index (χ0v) is 15.2. The van der Waals surface area contributed by atoms with Crippen LogP contribution < -0.4 is 10.6 Å². The Labute approximate surface area is 155 Å². The third-order valence-electron chi connectivity index (χ3n) is 3.81. The van der Waals surface area contributed by atoms with Gasteiger partial charge in [0.25, 0.3) is 5.91 Å². The van der Waals surface area contributed by atoms with Crippen molar-refractivity contribution in [1.82, 2.24) is 0 Å². The first kappa shape index (κ1) is 17.7. The second-order valence-corrected chi connectivity index (χ2v) is 7.02. The number of anilines is 3. The normalized spacial score (nSPS) is 10.4. The number of benzene rings is 2. The molecule has 3 aromatic rings. The van der Waals surface area contributed by atoms with Gasteiger partial charge in [-0.25, -0.2) is 4.79 Å². The van der Waals surface area contributed by atoms with Crippen LogP contribution in [0, 0.1) is 13.8 Å². The summed E-state index contributed by atoms with van der Waals surface area (Å²) in [6, 6.07) is 16.4. The number of amides is 1. The summed E-state index contributed by atoms with van der Waals surface area (Å²) < 4.78 is 0. The molecular formula is C20H18N2O3S. The number of aryl methyl sites for hydroxylation is 2. The van der Waals surface area contributed by atoms with Crippen LogP contribution in [0.3, 0.4) is 0 Å². The molecule has 0 saturated heterocycles. The van der Waals surface area contributed by atoms with Crippen LogP contribution in [0.2, 0.25) is 0 Å². The summed E-state index contributed by atoms with van der Waals surface area (Å²) in [5.74, 6) is -1.32. The van der Waals surface area contributed by atoms with Gasteiger partial charge in [0.15, 0.2) is 0 Å². The summed E-state index contributed by atoms with van der Waals surface area (Å²) in [5.41, 5.74) is 3.96. The van der Waals surface area contributed by atoms with E-state index in [1.54, 1.807) is 12.1 Å². The highest BCUT2D eigenvalue weighted by Gasteiger charge is 2.17. The number of rotatable bonds is 5. The lowest BCUT2D eigenvalue weighted by Crippen LogP contribution is -2.12. The van der Waals surface area contributed by atoms with Crippen LogP contribution in [0.25, 0.3) is 0 Å². The number of thiophene rings is 1. The van der Waals surface area contributed by atoms with E-state index in [-0.39, 0.29) is 10.8 Å². The molecule has 0 spiro atoms. The maximum Gasteiger partial charge on any atom is 0.346 e. The minimum absolute atomic E-state index is 0.152. The molecule has 3 N–H and O–H groups in total. The first-order valence-electron chi connectivity index (χ1n) is 8.01. The first-order chi connectivity index (χ1) is 12.4. The predicted molar refractivity (Wildman–Crippen MR) is 105 cm³/mol. The lowest BCUT2D eigenvalue weighted by atomic mass is 10.1. The van der Waals surface area contributed by atoms with Gasteiger partial charge in [-0.1, -0.05) is 35.4 Å². The Hall–Kier alpha value is -3.12. The van der Waals surface area contributed by atoms with Gasteiger partial charge in [0.1, 0.15) is 9.88 Å². The number of hydrogen-bond donors (Lipinski definition) is 3. The van der Waals surface area contributed by atoms with Crippen LogP contribution in [0.4, 0.5) is 16.4 Å². The van der Waals surface area contributed by atoms with Crippen LogP contribution in [0.1, 0.15) is 31.2 Å². The average Bonchev–Trinajstić information content (AvgIpc) is 3.00. The molecule has 3 rings (SSSR count). The topological polar surface area (TPSA) is 78.4 Å². The fraction of sp³-hybridized carbons (Fsp3) is 0.100. The number of hydrogen-bond acceptors (Lipinski definition) is 4. The van der Waals surface area contributed by atoms with Crippen LogP contribution in [-0.2, 0) is 0 Å². The molecule has 0 atom stereocenters. The van der Waals surface area contributed by atoms with Gasteiger partial charge in [-0.15, -0.1) is 11.3 Å². The van der Waals surface area contributed by atoms with Crippen LogP contribution in [0.5, 0.6) is 0 Å². The van der Waals surface area contributed by atoms with Crippen molar-refractivity contribution in [3.05, 3.63) is 76.2 Å². The lowest BCUT2D eigenvalue weighted by Gasteiger charge is -2.09. The van der Waals surface area contributed by atoms with E-state index < -0.39 is 5.97 Å². The van der Waals surface area contributed by atoms with E-state index in [9.17, 15) is 14.7 Å². The highest BCUT2D eigenvalue weighted by atomic mass is 32.1. The number of carboxylic acids is 1. The fourth-order valence-corrected chi connectivity index (χ4v) is 3.22. The zero-order chi connectivity index (χ0) is 18.7. The molecule has 1 aromatic heterocycles. The minimum atomic E-state index is -1.03. The van der Waals surface area contributed by atoms with Crippen molar-refractivity contribution in [2.24, 2.45) is 0 Å². The van der Waals surface area contributed by atoms with E-state index >= 15 is 0 Å². The standard InChI is InChI=1S/C20H18N2O3S/c1-12-3-7-14(8-4-12)18(23)22-16-11-17(20(24)25)26-19(16)21-15-9-5-13(2)6-10-15/h3-11,21H,1-2H3,(H,22,23)(H,24,25). The molecule has 0 unspecified atom stereocenters. The SMILES string of the molecule is Cc1ccc(Nc2sc(C(=O)O)cc2NC(=O)c2ccc(C)cc2)cc1. The molecule has 2 aromatic carbocycles. The van der Waals surface area contributed by atoms with Crippen LogP contribution in [-0.4, -0.2) is 17.0 Å². The highest BCUT2D eigenvalue weighted by Crippen LogP contribution is 2.35. The third kappa shape index (κ3) is 4.10. The minimum Gasteiger partial charge on any atom is -0.477 e. The molecule has 0 saturated carbocycles. The van der Waals surface area contributed by atoms with Gasteiger partial charge in [-0.2, -0.15) is 0 Å². The molecule has 0 aliphatic heterocycles. The Morgan fingerprint density at radius 3 is 2.08 bits per heavy atom.